The zero-order chi connectivity index (χ0) is 7.83. The molecule has 1 atom stereocenters. The summed E-state index contributed by atoms with van der Waals surface area (Å²) < 4.78 is 0. The summed E-state index contributed by atoms with van der Waals surface area (Å²) in [5.41, 5.74) is 0. The van der Waals surface area contributed by atoms with Crippen LogP contribution in [0.3, 0.4) is 0 Å². The van der Waals surface area contributed by atoms with Crippen LogP contribution in [0.4, 0.5) is 0 Å². The molecule has 1 heterocycles. The van der Waals surface area contributed by atoms with Crippen molar-refractivity contribution in [2.45, 2.75) is 50.5 Å². The first-order valence-electron chi connectivity index (χ1n) is 4.18. The molecule has 0 aliphatic carbocycles. The van der Waals surface area contributed by atoms with Gasteiger partial charge < -0.3 is 5.11 Å². The third-order valence-corrected chi connectivity index (χ3v) is 7.94. The highest BCUT2D eigenvalue weighted by molar-refractivity contribution is 6.80. The van der Waals surface area contributed by atoms with Crippen molar-refractivity contribution in [3.63, 3.8) is 0 Å². The Morgan fingerprint density at radius 2 is 1.90 bits per heavy atom. The molecule has 1 nitrogen and oxygen atoms in total. The van der Waals surface area contributed by atoms with Crippen LogP contribution in [-0.2, 0) is 0 Å². The van der Waals surface area contributed by atoms with Gasteiger partial charge >= 0.3 is 0 Å². The van der Waals surface area contributed by atoms with E-state index >= 15 is 0 Å². The molecule has 1 fully saturated rings. The normalized spacial score (nSPS) is 39.6. The van der Waals surface area contributed by atoms with E-state index in [1.54, 1.807) is 0 Å². The summed E-state index contributed by atoms with van der Waals surface area (Å²) >= 11 is 0. The van der Waals surface area contributed by atoms with Gasteiger partial charge in [0.2, 0.25) is 0 Å². The fourth-order valence-electron chi connectivity index (χ4n) is 1.64. The van der Waals surface area contributed by atoms with Crippen molar-refractivity contribution >= 4 is 8.07 Å². The zero-order valence-corrected chi connectivity index (χ0v) is 8.28. The van der Waals surface area contributed by atoms with E-state index in [9.17, 15) is 5.11 Å². The smallest absolute Gasteiger partial charge is 0.0847 e. The van der Waals surface area contributed by atoms with E-state index < -0.39 is 8.07 Å². The van der Waals surface area contributed by atoms with E-state index in [1.165, 1.54) is 18.9 Å². The van der Waals surface area contributed by atoms with Gasteiger partial charge in [-0.3, -0.25) is 0 Å². The maximum absolute atomic E-state index is 9.96. The molecule has 1 aliphatic rings. The van der Waals surface area contributed by atoms with Gasteiger partial charge in [0.05, 0.1) is 13.3 Å². The quantitative estimate of drug-likeness (QED) is 0.536. The molecule has 1 N–H and O–H groups in total. The van der Waals surface area contributed by atoms with Crippen molar-refractivity contribution in [3.8, 4) is 0 Å². The number of rotatable bonds is 0. The van der Waals surface area contributed by atoms with Crippen LogP contribution < -0.4 is 0 Å². The molecule has 0 aromatic rings. The van der Waals surface area contributed by atoms with Crippen LogP contribution in [0.25, 0.3) is 0 Å². The fourth-order valence-corrected chi connectivity index (χ4v) is 4.17. The maximum atomic E-state index is 9.96. The standard InChI is InChI=1S/C8H18OSi/c1-8(9)6-4-5-7-10(8,2)3/h9H,4-7H2,1-3H3. The van der Waals surface area contributed by atoms with Crippen LogP contribution in [0.15, 0.2) is 0 Å². The third-order valence-electron chi connectivity index (χ3n) is 3.17. The maximum Gasteiger partial charge on any atom is 0.0847 e. The lowest BCUT2D eigenvalue weighted by Gasteiger charge is -2.42. The highest BCUT2D eigenvalue weighted by Gasteiger charge is 2.42. The molecule has 60 valence electrons. The van der Waals surface area contributed by atoms with E-state index in [2.05, 4.69) is 13.1 Å². The molecular weight excluding hydrogens is 140 g/mol. The van der Waals surface area contributed by atoms with Gasteiger partial charge in [-0.25, -0.2) is 0 Å². The lowest BCUT2D eigenvalue weighted by atomic mass is 10.1. The van der Waals surface area contributed by atoms with Crippen molar-refractivity contribution in [2.75, 3.05) is 0 Å². The Bertz CT molecular complexity index is 113. The first-order chi connectivity index (χ1) is 4.46. The molecule has 0 saturated carbocycles. The Morgan fingerprint density at radius 3 is 2.20 bits per heavy atom. The average Bonchev–Trinajstić information content (AvgIpc) is 1.77. The molecule has 1 rings (SSSR count). The van der Waals surface area contributed by atoms with Crippen molar-refractivity contribution in [3.05, 3.63) is 0 Å². The lowest BCUT2D eigenvalue weighted by Crippen LogP contribution is -2.54. The topological polar surface area (TPSA) is 20.2 Å². The van der Waals surface area contributed by atoms with E-state index in [0.717, 1.165) is 6.42 Å². The van der Waals surface area contributed by atoms with Gasteiger partial charge in [-0.2, -0.15) is 0 Å². The van der Waals surface area contributed by atoms with Crippen LogP contribution in [0.1, 0.15) is 26.2 Å². The molecular formula is C8H18OSi. The van der Waals surface area contributed by atoms with Gasteiger partial charge in [0.25, 0.3) is 0 Å². The summed E-state index contributed by atoms with van der Waals surface area (Å²) in [5, 5.41) is 9.68. The Balaban J connectivity index is 2.70. The number of hydrogen-bond acceptors (Lipinski definition) is 1. The van der Waals surface area contributed by atoms with Crippen molar-refractivity contribution < 1.29 is 5.11 Å². The molecule has 1 unspecified atom stereocenters. The van der Waals surface area contributed by atoms with E-state index in [0.29, 0.717) is 0 Å². The molecule has 0 spiro atoms. The molecule has 0 amide bonds. The number of aliphatic hydroxyl groups is 1. The predicted molar refractivity (Wildman–Crippen MR) is 46.8 cm³/mol. The molecule has 1 aliphatic heterocycles. The molecule has 0 bridgehead atoms. The van der Waals surface area contributed by atoms with Crippen LogP contribution >= 0.6 is 0 Å². The molecule has 0 aromatic heterocycles. The second kappa shape index (κ2) is 2.34. The third kappa shape index (κ3) is 1.27. The summed E-state index contributed by atoms with van der Waals surface area (Å²) in [7, 11) is -1.26. The zero-order valence-electron chi connectivity index (χ0n) is 7.28. The van der Waals surface area contributed by atoms with Gasteiger partial charge in [-0.1, -0.05) is 32.0 Å². The van der Waals surface area contributed by atoms with Crippen molar-refractivity contribution in [2.24, 2.45) is 0 Å². The molecule has 0 radical (unpaired) electrons. The second-order valence-corrected chi connectivity index (χ2v) is 9.71. The monoisotopic (exact) mass is 158 g/mol. The van der Waals surface area contributed by atoms with Gasteiger partial charge in [0.15, 0.2) is 0 Å². The van der Waals surface area contributed by atoms with Gasteiger partial charge in [0, 0.05) is 0 Å². The second-order valence-electron chi connectivity index (χ2n) is 4.36. The predicted octanol–water partition coefficient (Wildman–Crippen LogP) is 2.17. The largest absolute Gasteiger partial charge is 0.394 e. The van der Waals surface area contributed by atoms with Crippen LogP contribution in [0, 0.1) is 0 Å². The minimum Gasteiger partial charge on any atom is -0.394 e. The summed E-state index contributed by atoms with van der Waals surface area (Å²) in [6, 6.07) is 1.31. The van der Waals surface area contributed by atoms with E-state index in [-0.39, 0.29) is 5.22 Å². The Labute approximate surface area is 64.5 Å². The molecule has 10 heavy (non-hydrogen) atoms. The SMILES string of the molecule is CC1(O)CCCC[Si]1(C)C. The van der Waals surface area contributed by atoms with Gasteiger partial charge in [0.1, 0.15) is 0 Å². The molecule has 0 aromatic carbocycles. The summed E-state index contributed by atoms with van der Waals surface area (Å²) in [4.78, 5) is 0. The lowest BCUT2D eigenvalue weighted by molar-refractivity contribution is 0.114. The molecule has 1 saturated heterocycles. The summed E-state index contributed by atoms with van der Waals surface area (Å²) in [5.74, 6) is 0. The van der Waals surface area contributed by atoms with Crippen LogP contribution in [0.2, 0.25) is 19.1 Å². The Morgan fingerprint density at radius 1 is 1.30 bits per heavy atom. The number of hydrogen-bond donors (Lipinski definition) is 1. The van der Waals surface area contributed by atoms with Crippen molar-refractivity contribution in [1.29, 1.82) is 0 Å². The first kappa shape index (κ1) is 8.28. The van der Waals surface area contributed by atoms with Crippen molar-refractivity contribution in [1.82, 2.24) is 0 Å². The Hall–Kier alpha value is 0.177. The molecule has 2 heteroatoms. The van der Waals surface area contributed by atoms with Gasteiger partial charge in [-0.05, 0) is 13.3 Å². The van der Waals surface area contributed by atoms with E-state index in [4.69, 9.17) is 0 Å². The average molecular weight is 158 g/mol. The summed E-state index contributed by atoms with van der Waals surface area (Å²) in [6.07, 6.45) is 3.60. The minimum atomic E-state index is -1.26. The highest BCUT2D eigenvalue weighted by Crippen LogP contribution is 2.35. The van der Waals surface area contributed by atoms with Gasteiger partial charge in [-0.15, -0.1) is 0 Å². The van der Waals surface area contributed by atoms with Crippen LogP contribution in [-0.4, -0.2) is 18.4 Å². The first-order valence-corrected chi connectivity index (χ1v) is 7.39. The summed E-state index contributed by atoms with van der Waals surface area (Å²) in [6.45, 7) is 6.62. The Kier molecular flexibility index (Phi) is 1.94. The minimum absolute atomic E-state index is 0.286. The fraction of sp³-hybridized carbons (Fsp3) is 1.00. The highest BCUT2D eigenvalue weighted by atomic mass is 28.3. The van der Waals surface area contributed by atoms with Crippen LogP contribution in [0.5, 0.6) is 0 Å². The van der Waals surface area contributed by atoms with E-state index in [1.807, 2.05) is 6.92 Å².